The second-order valence-electron chi connectivity index (χ2n) is 6.04. The molecule has 1 saturated heterocycles. The van der Waals surface area contributed by atoms with Crippen LogP contribution in [0.2, 0.25) is 0 Å². The van der Waals surface area contributed by atoms with Crippen LogP contribution >= 0.6 is 0 Å². The van der Waals surface area contributed by atoms with Crippen LogP contribution in [-0.2, 0) is 0 Å². The number of carbonyl (C=O) groups is 1. The molecule has 1 fully saturated rings. The Bertz CT molecular complexity index is 753. The summed E-state index contributed by atoms with van der Waals surface area (Å²) in [5.41, 5.74) is 0.355. The molecule has 0 aliphatic carbocycles. The van der Waals surface area contributed by atoms with Crippen LogP contribution in [-0.4, -0.2) is 29.0 Å². The van der Waals surface area contributed by atoms with Crippen LogP contribution in [0.1, 0.15) is 30.3 Å². The highest BCUT2D eigenvalue weighted by Crippen LogP contribution is 2.21. The third-order valence-corrected chi connectivity index (χ3v) is 4.04. The van der Waals surface area contributed by atoms with Gasteiger partial charge in [0.25, 0.3) is 5.91 Å². The van der Waals surface area contributed by atoms with E-state index in [0.29, 0.717) is 11.7 Å². The minimum absolute atomic E-state index is 0.172. The van der Waals surface area contributed by atoms with Gasteiger partial charge in [-0.25, -0.2) is 18.7 Å². The first-order valence-electron chi connectivity index (χ1n) is 7.86. The Morgan fingerprint density at radius 1 is 1.25 bits per heavy atom. The lowest BCUT2D eigenvalue weighted by atomic mass is 10.0. The third-order valence-electron chi connectivity index (χ3n) is 4.04. The molecule has 1 N–H and O–H groups in total. The van der Waals surface area contributed by atoms with Crippen molar-refractivity contribution in [1.29, 1.82) is 0 Å². The molecule has 0 spiro atoms. The lowest BCUT2D eigenvalue weighted by Crippen LogP contribution is -2.35. The quantitative estimate of drug-likeness (QED) is 0.937. The van der Waals surface area contributed by atoms with Gasteiger partial charge >= 0.3 is 0 Å². The molecule has 0 saturated carbocycles. The van der Waals surface area contributed by atoms with Crippen molar-refractivity contribution in [3.05, 3.63) is 47.9 Å². The Morgan fingerprint density at radius 2 is 2.08 bits per heavy atom. The van der Waals surface area contributed by atoms with E-state index in [9.17, 15) is 13.6 Å². The van der Waals surface area contributed by atoms with E-state index in [2.05, 4.69) is 27.1 Å². The number of piperidine rings is 1. The molecule has 1 aliphatic heterocycles. The maximum absolute atomic E-state index is 13.2. The lowest BCUT2D eigenvalue weighted by Gasteiger charge is -2.31. The van der Waals surface area contributed by atoms with Crippen LogP contribution in [0.25, 0.3) is 0 Å². The Labute approximate surface area is 138 Å². The smallest absolute Gasteiger partial charge is 0.274 e. The van der Waals surface area contributed by atoms with Gasteiger partial charge in [0.15, 0.2) is 11.6 Å². The van der Waals surface area contributed by atoms with Gasteiger partial charge in [-0.3, -0.25) is 4.79 Å². The predicted molar refractivity (Wildman–Crippen MR) is 87.0 cm³/mol. The van der Waals surface area contributed by atoms with Crippen LogP contribution in [0.5, 0.6) is 0 Å². The number of aromatic nitrogens is 2. The van der Waals surface area contributed by atoms with E-state index in [1.807, 2.05) is 0 Å². The van der Waals surface area contributed by atoms with Crippen molar-refractivity contribution >= 4 is 17.4 Å². The first-order valence-corrected chi connectivity index (χ1v) is 7.86. The number of nitrogens with one attached hydrogen (secondary N) is 1. The molecule has 1 aromatic carbocycles. The van der Waals surface area contributed by atoms with E-state index in [1.165, 1.54) is 18.8 Å². The highest BCUT2D eigenvalue weighted by atomic mass is 19.2. The largest absolute Gasteiger partial charge is 0.356 e. The summed E-state index contributed by atoms with van der Waals surface area (Å²) in [5, 5.41) is 2.51. The van der Waals surface area contributed by atoms with Gasteiger partial charge < -0.3 is 10.2 Å². The summed E-state index contributed by atoms with van der Waals surface area (Å²) in [6.07, 6.45) is 3.61. The fourth-order valence-electron chi connectivity index (χ4n) is 2.81. The lowest BCUT2D eigenvalue weighted by molar-refractivity contribution is 0.102. The Balaban J connectivity index is 1.75. The number of hydrogen-bond donors (Lipinski definition) is 1. The van der Waals surface area contributed by atoms with Crippen LogP contribution < -0.4 is 10.2 Å². The fraction of sp³-hybridized carbons (Fsp3) is 0.353. The Morgan fingerprint density at radius 3 is 2.83 bits per heavy atom. The zero-order chi connectivity index (χ0) is 17.1. The maximum Gasteiger partial charge on any atom is 0.274 e. The molecule has 1 unspecified atom stereocenters. The average molecular weight is 332 g/mol. The van der Waals surface area contributed by atoms with Crippen molar-refractivity contribution in [3.63, 3.8) is 0 Å². The molecule has 3 rings (SSSR count). The highest BCUT2D eigenvalue weighted by Gasteiger charge is 2.19. The molecule has 1 aromatic heterocycles. The first kappa shape index (κ1) is 16.3. The average Bonchev–Trinajstić information content (AvgIpc) is 2.58. The van der Waals surface area contributed by atoms with Crippen molar-refractivity contribution in [3.8, 4) is 0 Å². The number of rotatable bonds is 3. The van der Waals surface area contributed by atoms with Gasteiger partial charge in [-0.15, -0.1) is 0 Å². The molecule has 2 aromatic rings. The van der Waals surface area contributed by atoms with Crippen LogP contribution in [0.4, 0.5) is 20.3 Å². The van der Waals surface area contributed by atoms with Gasteiger partial charge in [0.05, 0.1) is 0 Å². The van der Waals surface area contributed by atoms with Gasteiger partial charge in [-0.05, 0) is 30.9 Å². The summed E-state index contributed by atoms with van der Waals surface area (Å²) in [6, 6.07) is 4.81. The molecule has 1 amide bonds. The predicted octanol–water partition coefficient (Wildman–Crippen LogP) is 3.24. The van der Waals surface area contributed by atoms with Gasteiger partial charge in [-0.2, -0.15) is 0 Å². The molecule has 0 bridgehead atoms. The molecule has 7 heteroatoms. The van der Waals surface area contributed by atoms with Crippen LogP contribution in [0.3, 0.4) is 0 Å². The van der Waals surface area contributed by atoms with Crippen molar-refractivity contribution in [2.45, 2.75) is 19.8 Å². The van der Waals surface area contributed by atoms with Crippen molar-refractivity contribution < 1.29 is 13.6 Å². The second kappa shape index (κ2) is 6.90. The molecule has 24 heavy (non-hydrogen) atoms. The molecule has 5 nitrogen and oxygen atoms in total. The summed E-state index contributed by atoms with van der Waals surface area (Å²) in [5.74, 6) is -1.19. The molecule has 0 radical (unpaired) electrons. The molecule has 1 aliphatic rings. The van der Waals surface area contributed by atoms with E-state index >= 15 is 0 Å². The number of halogens is 2. The second-order valence-corrected chi connectivity index (χ2v) is 6.04. The Kier molecular flexibility index (Phi) is 4.69. The number of hydrogen-bond acceptors (Lipinski definition) is 4. The van der Waals surface area contributed by atoms with Crippen molar-refractivity contribution in [2.75, 3.05) is 23.3 Å². The maximum atomic E-state index is 13.2. The van der Waals surface area contributed by atoms with Crippen molar-refractivity contribution in [1.82, 2.24) is 9.97 Å². The number of amides is 1. The normalized spacial score (nSPS) is 17.6. The minimum Gasteiger partial charge on any atom is -0.356 e. The minimum atomic E-state index is -1.02. The zero-order valence-corrected chi connectivity index (χ0v) is 13.3. The highest BCUT2D eigenvalue weighted by molar-refractivity contribution is 6.03. The van der Waals surface area contributed by atoms with Crippen LogP contribution in [0, 0.1) is 17.6 Å². The summed E-state index contributed by atoms with van der Waals surface area (Å²) in [7, 11) is 0. The Hall–Kier alpha value is -2.57. The number of carbonyl (C=O) groups excluding carboxylic acids is 1. The van der Waals surface area contributed by atoms with E-state index in [0.717, 1.165) is 31.6 Å². The van der Waals surface area contributed by atoms with Gasteiger partial charge in [0, 0.05) is 30.9 Å². The summed E-state index contributed by atoms with van der Waals surface area (Å²) >= 11 is 0. The van der Waals surface area contributed by atoms with Crippen molar-refractivity contribution in [2.24, 2.45) is 5.92 Å². The van der Waals surface area contributed by atoms with Gasteiger partial charge in [0.2, 0.25) is 0 Å². The summed E-state index contributed by atoms with van der Waals surface area (Å²) in [4.78, 5) is 22.6. The van der Waals surface area contributed by atoms with Crippen LogP contribution in [0.15, 0.2) is 30.6 Å². The number of anilines is 2. The van der Waals surface area contributed by atoms with E-state index < -0.39 is 17.5 Å². The monoisotopic (exact) mass is 332 g/mol. The molecular weight excluding hydrogens is 314 g/mol. The fourth-order valence-corrected chi connectivity index (χ4v) is 2.81. The number of nitrogens with zero attached hydrogens (tertiary/aromatic N) is 3. The van der Waals surface area contributed by atoms with E-state index in [-0.39, 0.29) is 11.4 Å². The standard InChI is InChI=1S/C17H18F2N4O/c1-11-3-2-6-23(9-11)16-8-15(20-10-21-16)17(24)22-12-4-5-13(18)14(19)7-12/h4-5,7-8,10-11H,2-3,6,9H2,1H3,(H,22,24). The first-order chi connectivity index (χ1) is 11.5. The molecule has 2 heterocycles. The van der Waals surface area contributed by atoms with E-state index in [4.69, 9.17) is 0 Å². The topological polar surface area (TPSA) is 58.1 Å². The molecule has 126 valence electrons. The molecule has 1 atom stereocenters. The zero-order valence-electron chi connectivity index (χ0n) is 13.3. The SMILES string of the molecule is CC1CCCN(c2cc(C(=O)Nc3ccc(F)c(F)c3)ncn2)C1. The summed E-state index contributed by atoms with van der Waals surface area (Å²) in [6.45, 7) is 3.97. The van der Waals surface area contributed by atoms with Gasteiger partial charge in [0.1, 0.15) is 17.8 Å². The molecular formula is C17H18F2N4O. The third kappa shape index (κ3) is 3.67. The number of benzene rings is 1. The van der Waals surface area contributed by atoms with Gasteiger partial charge in [-0.1, -0.05) is 6.92 Å². The van der Waals surface area contributed by atoms with E-state index in [1.54, 1.807) is 6.07 Å². The summed E-state index contributed by atoms with van der Waals surface area (Å²) < 4.78 is 26.2.